The number of hydrogen-bond donors (Lipinski definition) is 4. The van der Waals surface area contributed by atoms with Crippen molar-refractivity contribution in [2.45, 2.75) is 5.60 Å². The molecule has 0 heterocycles. The van der Waals surface area contributed by atoms with Crippen molar-refractivity contribution in [1.29, 1.82) is 0 Å². The van der Waals surface area contributed by atoms with Crippen LogP contribution in [0.25, 0.3) is 5.57 Å². The van der Waals surface area contributed by atoms with Gasteiger partial charge in [-0.3, -0.25) is 4.79 Å². The lowest BCUT2D eigenvalue weighted by Gasteiger charge is -2.39. The zero-order valence-corrected chi connectivity index (χ0v) is 13.4. The third kappa shape index (κ3) is 2.74. The first-order valence-electron chi connectivity index (χ1n) is 7.18. The first-order valence-corrected chi connectivity index (χ1v) is 7.18. The highest BCUT2D eigenvalue weighted by molar-refractivity contribution is 6.13. The lowest BCUT2D eigenvalue weighted by atomic mass is 9.68. The number of benzene rings is 1. The number of carbonyl (C=O) groups is 4. The molecule has 0 fully saturated rings. The van der Waals surface area contributed by atoms with E-state index in [0.717, 1.165) is 13.2 Å². The van der Waals surface area contributed by atoms with Crippen molar-refractivity contribution >= 4 is 29.5 Å². The first kappa shape index (κ1) is 18.9. The quantitative estimate of drug-likeness (QED) is 0.572. The molecule has 0 saturated carbocycles. The molecule has 0 spiro atoms. The number of aliphatic carboxylic acids is 4. The van der Waals surface area contributed by atoms with Gasteiger partial charge < -0.3 is 25.2 Å². The molecule has 2 unspecified atom stereocenters. The largest absolute Gasteiger partial charge is 0.481 e. The van der Waals surface area contributed by atoms with Gasteiger partial charge in [-0.1, -0.05) is 30.3 Å². The summed E-state index contributed by atoms with van der Waals surface area (Å²) >= 11 is 0. The normalized spacial score (nSPS) is 22.5. The Labute approximate surface area is 146 Å². The van der Waals surface area contributed by atoms with E-state index in [0.29, 0.717) is 0 Å². The van der Waals surface area contributed by atoms with Gasteiger partial charge in [0.2, 0.25) is 5.60 Å². The molecule has 26 heavy (non-hydrogen) atoms. The fourth-order valence-electron chi connectivity index (χ4n) is 3.03. The third-order valence-corrected chi connectivity index (χ3v) is 4.11. The summed E-state index contributed by atoms with van der Waals surface area (Å²) < 4.78 is 5.05. The second-order valence-corrected chi connectivity index (χ2v) is 5.38. The topological polar surface area (TPSA) is 158 Å². The van der Waals surface area contributed by atoms with E-state index in [1.54, 1.807) is 6.07 Å². The number of carboxylic acids is 4. The minimum Gasteiger partial charge on any atom is -0.481 e. The van der Waals surface area contributed by atoms with E-state index >= 15 is 0 Å². The van der Waals surface area contributed by atoms with Crippen LogP contribution in [0.3, 0.4) is 0 Å². The van der Waals surface area contributed by atoms with Crippen LogP contribution < -0.4 is 0 Å². The van der Waals surface area contributed by atoms with Crippen molar-refractivity contribution in [2.24, 2.45) is 5.92 Å². The summed E-state index contributed by atoms with van der Waals surface area (Å²) in [5.41, 5.74) is -4.61. The van der Waals surface area contributed by atoms with Crippen LogP contribution in [0, 0.1) is 5.92 Å². The van der Waals surface area contributed by atoms with Crippen molar-refractivity contribution in [3.63, 3.8) is 0 Å². The molecule has 9 heteroatoms. The lowest BCUT2D eigenvalue weighted by molar-refractivity contribution is -0.169. The summed E-state index contributed by atoms with van der Waals surface area (Å²) in [6.45, 7) is 0. The summed E-state index contributed by atoms with van der Waals surface area (Å²) in [6.07, 6.45) is 0.832. The number of ether oxygens (including phenoxy) is 1. The van der Waals surface area contributed by atoms with Gasteiger partial charge in [-0.15, -0.1) is 0 Å². The van der Waals surface area contributed by atoms with Crippen molar-refractivity contribution < 1.29 is 44.3 Å². The van der Waals surface area contributed by atoms with Crippen LogP contribution in [0.2, 0.25) is 0 Å². The van der Waals surface area contributed by atoms with Gasteiger partial charge in [0.05, 0.1) is 11.1 Å². The zero-order chi connectivity index (χ0) is 19.6. The summed E-state index contributed by atoms with van der Waals surface area (Å²) in [6, 6.07) is 7.56. The Morgan fingerprint density at radius 1 is 0.962 bits per heavy atom. The van der Waals surface area contributed by atoms with Crippen LogP contribution in [-0.4, -0.2) is 57.0 Å². The Morgan fingerprint density at radius 2 is 1.54 bits per heavy atom. The summed E-state index contributed by atoms with van der Waals surface area (Å²) in [5, 5.41) is 38.1. The first-order chi connectivity index (χ1) is 12.2. The molecule has 0 radical (unpaired) electrons. The molecular formula is C17H14O9. The minimum atomic E-state index is -2.63. The van der Waals surface area contributed by atoms with E-state index < -0.39 is 46.5 Å². The fraction of sp³-hybridized carbons (Fsp3) is 0.176. The number of hydrogen-bond acceptors (Lipinski definition) is 5. The monoisotopic (exact) mass is 362 g/mol. The molecule has 1 aromatic carbocycles. The molecule has 2 rings (SSSR count). The maximum atomic E-state index is 12.1. The maximum absolute atomic E-state index is 12.1. The minimum absolute atomic E-state index is 0.186. The van der Waals surface area contributed by atoms with Crippen LogP contribution in [0.15, 0.2) is 47.6 Å². The summed E-state index contributed by atoms with van der Waals surface area (Å²) in [4.78, 5) is 47.0. The van der Waals surface area contributed by atoms with Crippen molar-refractivity contribution in [2.75, 3.05) is 7.11 Å². The highest BCUT2D eigenvalue weighted by atomic mass is 16.5. The van der Waals surface area contributed by atoms with Gasteiger partial charge in [0.1, 0.15) is 5.92 Å². The molecule has 2 atom stereocenters. The SMILES string of the molecule is COC1(C(=O)O)C(c2ccccc2)=CC(C(=O)O)=C(C(=O)O)C1C(=O)O. The Bertz CT molecular complexity index is 850. The number of carboxylic acid groups (broad SMARTS) is 4. The van der Waals surface area contributed by atoms with E-state index in [2.05, 4.69) is 0 Å². The van der Waals surface area contributed by atoms with Crippen LogP contribution in [0.5, 0.6) is 0 Å². The number of rotatable bonds is 6. The molecule has 0 aromatic heterocycles. The van der Waals surface area contributed by atoms with E-state index in [1.165, 1.54) is 24.3 Å². The predicted molar refractivity (Wildman–Crippen MR) is 85.2 cm³/mol. The van der Waals surface area contributed by atoms with Crippen molar-refractivity contribution in [3.05, 3.63) is 53.1 Å². The Hall–Kier alpha value is -3.46. The van der Waals surface area contributed by atoms with E-state index in [-0.39, 0.29) is 11.1 Å². The molecule has 136 valence electrons. The highest BCUT2D eigenvalue weighted by Gasteiger charge is 2.59. The average molecular weight is 362 g/mol. The lowest BCUT2D eigenvalue weighted by Crippen LogP contribution is -2.55. The average Bonchev–Trinajstić information content (AvgIpc) is 2.59. The third-order valence-electron chi connectivity index (χ3n) is 4.11. The van der Waals surface area contributed by atoms with Crippen LogP contribution >= 0.6 is 0 Å². The highest BCUT2D eigenvalue weighted by Crippen LogP contribution is 2.45. The molecule has 9 nitrogen and oxygen atoms in total. The van der Waals surface area contributed by atoms with Gasteiger partial charge in [-0.05, 0) is 11.6 Å². The van der Waals surface area contributed by atoms with Gasteiger partial charge in [0.25, 0.3) is 0 Å². The molecule has 0 amide bonds. The van der Waals surface area contributed by atoms with Gasteiger partial charge in [-0.2, -0.15) is 0 Å². The standard InChI is InChI=1S/C17H14O9/c1-26-17(16(24)25)10(8-5-3-2-4-6-8)7-9(13(18)19)11(14(20)21)12(17)15(22)23/h2-7,12H,1H3,(H,18,19)(H,20,21)(H,22,23)(H,24,25). The van der Waals surface area contributed by atoms with Gasteiger partial charge in [-0.25, -0.2) is 14.4 Å². The van der Waals surface area contributed by atoms with Gasteiger partial charge in [0.15, 0.2) is 0 Å². The van der Waals surface area contributed by atoms with Crippen LogP contribution in [0.4, 0.5) is 0 Å². The van der Waals surface area contributed by atoms with Gasteiger partial charge in [0, 0.05) is 12.7 Å². The second-order valence-electron chi connectivity index (χ2n) is 5.38. The molecule has 0 bridgehead atoms. The Morgan fingerprint density at radius 3 is 1.92 bits per heavy atom. The molecule has 1 aliphatic rings. The maximum Gasteiger partial charge on any atom is 0.341 e. The van der Waals surface area contributed by atoms with Crippen LogP contribution in [-0.2, 0) is 23.9 Å². The smallest absolute Gasteiger partial charge is 0.341 e. The predicted octanol–water partition coefficient (Wildman–Crippen LogP) is 0.720. The Kier molecular flexibility index (Phi) is 4.94. The van der Waals surface area contributed by atoms with E-state index in [9.17, 15) is 39.6 Å². The molecule has 4 N–H and O–H groups in total. The zero-order valence-electron chi connectivity index (χ0n) is 13.4. The van der Waals surface area contributed by atoms with Crippen molar-refractivity contribution in [1.82, 2.24) is 0 Å². The van der Waals surface area contributed by atoms with Crippen molar-refractivity contribution in [3.8, 4) is 0 Å². The molecule has 1 aliphatic carbocycles. The molecular weight excluding hydrogens is 348 g/mol. The number of methoxy groups -OCH3 is 1. The second kappa shape index (κ2) is 6.81. The van der Waals surface area contributed by atoms with Gasteiger partial charge >= 0.3 is 23.9 Å². The summed E-state index contributed by atoms with van der Waals surface area (Å²) in [7, 11) is 0.923. The summed E-state index contributed by atoms with van der Waals surface area (Å²) in [5.74, 6) is -9.44. The molecule has 0 aliphatic heterocycles. The van der Waals surface area contributed by atoms with E-state index in [1.807, 2.05) is 0 Å². The molecule has 0 saturated heterocycles. The van der Waals surface area contributed by atoms with Crippen LogP contribution in [0.1, 0.15) is 5.56 Å². The fourth-order valence-corrected chi connectivity index (χ4v) is 3.03. The Balaban J connectivity index is 3.00. The van der Waals surface area contributed by atoms with E-state index in [4.69, 9.17) is 4.74 Å². The molecule has 1 aromatic rings.